The molecule has 166 valence electrons. The number of benzene rings is 2. The monoisotopic (exact) mass is 422 g/mol. The number of nitrogens with one attached hydrogen (secondary N) is 1. The quantitative estimate of drug-likeness (QED) is 0.634. The minimum absolute atomic E-state index is 0.162. The maximum absolute atomic E-state index is 12.8. The number of piperidine rings is 1. The standard InChI is InChI=1S/C26H34N2O3/c1-5-31-24(29)22-8-6-7-9-23(22)27-25(30)28-16-14-20(15-17-28)18-19-10-12-21(13-11-19)26(2,3)4/h6-13,20H,5,14-18H2,1-4H3,(H,27,30). The molecule has 1 fully saturated rings. The number of anilines is 1. The SMILES string of the molecule is CCOC(=O)c1ccccc1NC(=O)N1CCC(Cc2ccc(C(C)(C)C)cc2)CC1. The van der Waals surface area contributed by atoms with Crippen molar-refractivity contribution in [3.63, 3.8) is 0 Å². The highest BCUT2D eigenvalue weighted by Crippen LogP contribution is 2.26. The van der Waals surface area contributed by atoms with Gasteiger partial charge in [0.15, 0.2) is 0 Å². The average Bonchev–Trinajstić information content (AvgIpc) is 2.74. The van der Waals surface area contributed by atoms with Gasteiger partial charge in [0.2, 0.25) is 0 Å². The van der Waals surface area contributed by atoms with E-state index in [1.165, 1.54) is 11.1 Å². The first-order valence-electron chi connectivity index (χ1n) is 11.2. The van der Waals surface area contributed by atoms with Crippen LogP contribution in [0.25, 0.3) is 0 Å². The molecule has 31 heavy (non-hydrogen) atoms. The third-order valence-electron chi connectivity index (χ3n) is 5.91. The van der Waals surface area contributed by atoms with Crippen molar-refractivity contribution in [2.45, 2.75) is 52.4 Å². The first kappa shape index (κ1) is 22.9. The number of amides is 2. The second-order valence-corrected chi connectivity index (χ2v) is 9.28. The molecule has 1 aliphatic rings. The van der Waals surface area contributed by atoms with E-state index in [9.17, 15) is 9.59 Å². The van der Waals surface area contributed by atoms with Crippen LogP contribution in [0.3, 0.4) is 0 Å². The van der Waals surface area contributed by atoms with E-state index in [1.54, 1.807) is 31.2 Å². The minimum atomic E-state index is -0.422. The summed E-state index contributed by atoms with van der Waals surface area (Å²) in [6, 6.07) is 15.8. The topological polar surface area (TPSA) is 58.6 Å². The van der Waals surface area contributed by atoms with Crippen LogP contribution < -0.4 is 5.32 Å². The molecule has 0 aromatic heterocycles. The van der Waals surface area contributed by atoms with Crippen LogP contribution in [-0.2, 0) is 16.6 Å². The van der Waals surface area contributed by atoms with Gasteiger partial charge in [-0.05, 0) is 60.8 Å². The molecule has 0 spiro atoms. The fourth-order valence-electron chi connectivity index (χ4n) is 3.99. The molecule has 3 rings (SSSR count). The molecule has 2 amide bonds. The van der Waals surface area contributed by atoms with Gasteiger partial charge in [0.05, 0.1) is 17.9 Å². The number of rotatable bonds is 5. The number of nitrogens with zero attached hydrogens (tertiary/aromatic N) is 1. The van der Waals surface area contributed by atoms with E-state index in [4.69, 9.17) is 4.74 Å². The molecule has 5 nitrogen and oxygen atoms in total. The Kier molecular flexibility index (Phi) is 7.37. The van der Waals surface area contributed by atoms with Crippen LogP contribution in [0.5, 0.6) is 0 Å². The molecular formula is C26H34N2O3. The predicted octanol–water partition coefficient (Wildman–Crippen LogP) is 5.65. The van der Waals surface area contributed by atoms with Crippen LogP contribution >= 0.6 is 0 Å². The van der Waals surface area contributed by atoms with Gasteiger partial charge in [-0.15, -0.1) is 0 Å². The number of carbonyl (C=O) groups is 2. The number of ether oxygens (including phenoxy) is 1. The van der Waals surface area contributed by atoms with Gasteiger partial charge in [0.25, 0.3) is 0 Å². The van der Waals surface area contributed by atoms with Crippen molar-refractivity contribution in [3.8, 4) is 0 Å². The molecule has 5 heteroatoms. The van der Waals surface area contributed by atoms with E-state index in [2.05, 4.69) is 50.4 Å². The number of esters is 1. The van der Waals surface area contributed by atoms with Crippen molar-refractivity contribution in [1.29, 1.82) is 0 Å². The normalized spacial score (nSPS) is 14.9. The van der Waals surface area contributed by atoms with E-state index >= 15 is 0 Å². The van der Waals surface area contributed by atoms with Crippen molar-refractivity contribution in [1.82, 2.24) is 4.90 Å². The smallest absolute Gasteiger partial charge is 0.340 e. The fourth-order valence-corrected chi connectivity index (χ4v) is 3.99. The van der Waals surface area contributed by atoms with Crippen molar-refractivity contribution < 1.29 is 14.3 Å². The maximum atomic E-state index is 12.8. The summed E-state index contributed by atoms with van der Waals surface area (Å²) in [5, 5.41) is 2.89. The number of hydrogen-bond donors (Lipinski definition) is 1. The third-order valence-corrected chi connectivity index (χ3v) is 5.91. The van der Waals surface area contributed by atoms with Crippen LogP contribution in [0.1, 0.15) is 62.0 Å². The van der Waals surface area contributed by atoms with E-state index in [0.717, 1.165) is 32.4 Å². The summed E-state index contributed by atoms with van der Waals surface area (Å²) < 4.78 is 5.09. The molecule has 0 aliphatic carbocycles. The Labute approximate surface area is 185 Å². The largest absolute Gasteiger partial charge is 0.462 e. The minimum Gasteiger partial charge on any atom is -0.462 e. The summed E-state index contributed by atoms with van der Waals surface area (Å²) in [5.41, 5.74) is 3.76. The van der Waals surface area contributed by atoms with Crippen molar-refractivity contribution in [3.05, 3.63) is 65.2 Å². The predicted molar refractivity (Wildman–Crippen MR) is 125 cm³/mol. The Balaban J connectivity index is 1.53. The number of likely N-dealkylation sites (tertiary alicyclic amines) is 1. The lowest BCUT2D eigenvalue weighted by Crippen LogP contribution is -2.41. The molecule has 2 aromatic rings. The van der Waals surface area contributed by atoms with Crippen LogP contribution in [-0.4, -0.2) is 36.6 Å². The molecular weight excluding hydrogens is 388 g/mol. The van der Waals surface area contributed by atoms with Gasteiger partial charge in [-0.3, -0.25) is 0 Å². The zero-order valence-electron chi connectivity index (χ0n) is 19.1. The van der Waals surface area contributed by atoms with Gasteiger partial charge in [0.1, 0.15) is 0 Å². The molecule has 0 atom stereocenters. The average molecular weight is 423 g/mol. The highest BCUT2D eigenvalue weighted by atomic mass is 16.5. The van der Waals surface area contributed by atoms with Crippen LogP contribution in [0.4, 0.5) is 10.5 Å². The molecule has 1 N–H and O–H groups in total. The van der Waals surface area contributed by atoms with Crippen molar-refractivity contribution in [2.24, 2.45) is 5.92 Å². The Morgan fingerprint density at radius 1 is 1.03 bits per heavy atom. The lowest BCUT2D eigenvalue weighted by Gasteiger charge is -2.32. The van der Waals surface area contributed by atoms with Crippen molar-refractivity contribution in [2.75, 3.05) is 25.0 Å². The van der Waals surface area contributed by atoms with Crippen molar-refractivity contribution >= 4 is 17.7 Å². The first-order valence-corrected chi connectivity index (χ1v) is 11.2. The first-order chi connectivity index (χ1) is 14.8. The lowest BCUT2D eigenvalue weighted by atomic mass is 9.85. The van der Waals surface area contributed by atoms with Gasteiger partial charge in [-0.1, -0.05) is 57.2 Å². The Morgan fingerprint density at radius 3 is 2.29 bits per heavy atom. The Hall–Kier alpha value is -2.82. The van der Waals surface area contributed by atoms with E-state index < -0.39 is 5.97 Å². The van der Waals surface area contributed by atoms with Gasteiger partial charge in [0, 0.05) is 13.1 Å². The molecule has 0 bridgehead atoms. The zero-order chi connectivity index (χ0) is 22.4. The van der Waals surface area contributed by atoms with Gasteiger partial charge in [-0.25, -0.2) is 9.59 Å². The van der Waals surface area contributed by atoms with Crippen LogP contribution in [0, 0.1) is 5.92 Å². The number of carbonyl (C=O) groups excluding carboxylic acids is 2. The highest BCUT2D eigenvalue weighted by molar-refractivity contribution is 6.00. The van der Waals surface area contributed by atoms with E-state index in [-0.39, 0.29) is 11.4 Å². The Bertz CT molecular complexity index is 892. The molecule has 1 heterocycles. The summed E-state index contributed by atoms with van der Waals surface area (Å²) >= 11 is 0. The zero-order valence-corrected chi connectivity index (χ0v) is 19.1. The van der Waals surface area contributed by atoms with Gasteiger partial charge < -0.3 is 15.0 Å². The molecule has 0 radical (unpaired) electrons. The van der Waals surface area contributed by atoms with Crippen LogP contribution in [0.2, 0.25) is 0 Å². The fraction of sp³-hybridized carbons (Fsp3) is 0.462. The second kappa shape index (κ2) is 9.99. The summed E-state index contributed by atoms with van der Waals surface area (Å²) in [5.74, 6) is 0.158. The summed E-state index contributed by atoms with van der Waals surface area (Å²) in [4.78, 5) is 26.7. The molecule has 0 saturated carbocycles. The maximum Gasteiger partial charge on any atom is 0.340 e. The summed E-state index contributed by atoms with van der Waals surface area (Å²) in [7, 11) is 0. The molecule has 1 saturated heterocycles. The lowest BCUT2D eigenvalue weighted by molar-refractivity contribution is 0.0527. The summed E-state index contributed by atoms with van der Waals surface area (Å²) in [6.07, 6.45) is 3.01. The van der Waals surface area contributed by atoms with E-state index in [0.29, 0.717) is 23.8 Å². The van der Waals surface area contributed by atoms with Gasteiger partial charge >= 0.3 is 12.0 Å². The van der Waals surface area contributed by atoms with Crippen LogP contribution in [0.15, 0.2) is 48.5 Å². The highest BCUT2D eigenvalue weighted by Gasteiger charge is 2.24. The number of urea groups is 1. The molecule has 0 unspecified atom stereocenters. The third kappa shape index (κ3) is 6.09. The van der Waals surface area contributed by atoms with Gasteiger partial charge in [-0.2, -0.15) is 0 Å². The summed E-state index contributed by atoms with van der Waals surface area (Å²) in [6.45, 7) is 10.2. The number of hydrogen-bond acceptors (Lipinski definition) is 3. The Morgan fingerprint density at radius 2 is 1.68 bits per heavy atom. The molecule has 1 aliphatic heterocycles. The van der Waals surface area contributed by atoms with E-state index in [1.807, 2.05) is 4.90 Å². The molecule has 2 aromatic carbocycles. The number of para-hydroxylation sites is 1. The second-order valence-electron chi connectivity index (χ2n) is 9.28.